The van der Waals surface area contributed by atoms with Crippen LogP contribution >= 0.6 is 0 Å². The molecule has 0 amide bonds. The maximum absolute atomic E-state index is 12.8. The average molecular weight is 278 g/mol. The van der Waals surface area contributed by atoms with Crippen molar-refractivity contribution >= 4 is 11.8 Å². The normalized spacial score (nSPS) is 11.2. The second-order valence-electron chi connectivity index (χ2n) is 3.59. The van der Waals surface area contributed by atoms with Gasteiger partial charge in [-0.05, 0) is 25.1 Å². The molecule has 0 aliphatic rings. The maximum Gasteiger partial charge on any atom is 0.417 e. The fourth-order valence-corrected chi connectivity index (χ4v) is 1.43. The number of ether oxygens (including phenoxy) is 1. The van der Waals surface area contributed by atoms with Crippen molar-refractivity contribution in [3.05, 3.63) is 35.1 Å². The van der Waals surface area contributed by atoms with E-state index in [1.165, 1.54) is 6.92 Å². The monoisotopic (exact) mass is 278 g/mol. The smallest absolute Gasteiger partial charge is 0.417 e. The summed E-state index contributed by atoms with van der Waals surface area (Å²) in [5, 5.41) is 0. The molecule has 1 rings (SSSR count). The summed E-state index contributed by atoms with van der Waals surface area (Å²) in [7, 11) is 0. The van der Waals surface area contributed by atoms with E-state index in [-0.39, 0.29) is 12.7 Å². The molecule has 0 radical (unpaired) electrons. The topological polar surface area (TPSA) is 43.4 Å². The largest absolute Gasteiger partial charge is 0.466 e. The third-order valence-corrected chi connectivity index (χ3v) is 2.20. The van der Waals surface area contributed by atoms with Crippen LogP contribution < -0.4 is 0 Å². The lowest BCUT2D eigenvalue weighted by atomic mass is 10.0. The van der Waals surface area contributed by atoms with E-state index in [2.05, 4.69) is 4.74 Å². The van der Waals surface area contributed by atoms with Gasteiger partial charge in [0.2, 0.25) is 0 Å². The molecule has 0 heterocycles. The molecular weight excluding hydrogens is 268 g/mol. The van der Waals surface area contributed by atoms with Crippen molar-refractivity contribution in [2.45, 2.75) is 19.5 Å². The van der Waals surface area contributed by atoms with Gasteiger partial charge in [-0.2, -0.15) is 13.2 Å². The summed E-state index contributed by atoms with van der Waals surface area (Å²) in [6.07, 6.45) is -5.69. The van der Waals surface area contributed by atoms with Crippen molar-refractivity contribution in [1.82, 2.24) is 0 Å². The SMILES string of the molecule is CCOC(=O)CC(=O)c1ccc(F)cc1C(F)(F)F. The fraction of sp³-hybridized carbons (Fsp3) is 0.333. The number of Topliss-reactive ketones (excluding diaryl/α,β-unsaturated/α-hetero) is 1. The summed E-state index contributed by atoms with van der Waals surface area (Å²) in [4.78, 5) is 22.6. The molecule has 0 saturated heterocycles. The first kappa shape index (κ1) is 15.1. The van der Waals surface area contributed by atoms with Gasteiger partial charge in [-0.15, -0.1) is 0 Å². The van der Waals surface area contributed by atoms with Gasteiger partial charge in [0.1, 0.15) is 12.2 Å². The first-order valence-electron chi connectivity index (χ1n) is 5.31. The minimum atomic E-state index is -4.87. The number of rotatable bonds is 4. The highest BCUT2D eigenvalue weighted by Gasteiger charge is 2.35. The van der Waals surface area contributed by atoms with Gasteiger partial charge in [0.05, 0.1) is 12.2 Å². The number of carbonyl (C=O) groups excluding carboxylic acids is 2. The summed E-state index contributed by atoms with van der Waals surface area (Å²) >= 11 is 0. The molecule has 7 heteroatoms. The molecule has 0 spiro atoms. The lowest BCUT2D eigenvalue weighted by molar-refractivity contribution is -0.142. The first-order chi connectivity index (χ1) is 8.75. The minimum absolute atomic E-state index is 0.0155. The van der Waals surface area contributed by atoms with Gasteiger partial charge < -0.3 is 4.74 Å². The van der Waals surface area contributed by atoms with Crippen molar-refractivity contribution in [3.8, 4) is 0 Å². The Morgan fingerprint density at radius 2 is 1.89 bits per heavy atom. The first-order valence-corrected chi connectivity index (χ1v) is 5.31. The minimum Gasteiger partial charge on any atom is -0.466 e. The molecule has 0 aliphatic heterocycles. The van der Waals surface area contributed by atoms with Gasteiger partial charge >= 0.3 is 12.1 Å². The molecule has 104 valence electrons. The van der Waals surface area contributed by atoms with E-state index in [1.807, 2.05) is 0 Å². The van der Waals surface area contributed by atoms with E-state index in [1.54, 1.807) is 0 Å². The molecule has 1 aromatic carbocycles. The van der Waals surface area contributed by atoms with E-state index >= 15 is 0 Å². The number of ketones is 1. The lowest BCUT2D eigenvalue weighted by Gasteiger charge is -2.11. The molecule has 1 aromatic rings. The highest BCUT2D eigenvalue weighted by Crippen LogP contribution is 2.33. The Kier molecular flexibility index (Phi) is 4.63. The second-order valence-corrected chi connectivity index (χ2v) is 3.59. The summed E-state index contributed by atoms with van der Waals surface area (Å²) in [5.41, 5.74) is -2.15. The summed E-state index contributed by atoms with van der Waals surface area (Å²) in [6.45, 7) is 1.52. The highest BCUT2D eigenvalue weighted by molar-refractivity contribution is 6.06. The molecule has 19 heavy (non-hydrogen) atoms. The van der Waals surface area contributed by atoms with E-state index in [0.717, 1.165) is 6.07 Å². The van der Waals surface area contributed by atoms with Crippen LogP contribution in [0.2, 0.25) is 0 Å². The van der Waals surface area contributed by atoms with Crippen LogP contribution in [0, 0.1) is 5.82 Å². The van der Waals surface area contributed by atoms with Crippen molar-refractivity contribution in [2.75, 3.05) is 6.61 Å². The molecule has 0 bridgehead atoms. The summed E-state index contributed by atoms with van der Waals surface area (Å²) < 4.78 is 55.2. The quantitative estimate of drug-likeness (QED) is 0.368. The van der Waals surface area contributed by atoms with Gasteiger partial charge in [-0.3, -0.25) is 9.59 Å². The molecule has 0 aromatic heterocycles. The van der Waals surface area contributed by atoms with Crippen LogP contribution in [-0.2, 0) is 15.7 Å². The zero-order chi connectivity index (χ0) is 14.6. The second kappa shape index (κ2) is 5.81. The summed E-state index contributed by atoms with van der Waals surface area (Å²) in [5.74, 6) is -3.10. The van der Waals surface area contributed by atoms with E-state index in [4.69, 9.17) is 0 Å². The van der Waals surface area contributed by atoms with E-state index < -0.39 is 41.3 Å². The van der Waals surface area contributed by atoms with Crippen LogP contribution in [0.25, 0.3) is 0 Å². The number of alkyl halides is 3. The zero-order valence-electron chi connectivity index (χ0n) is 9.88. The number of esters is 1. The number of halogens is 4. The number of hydrogen-bond acceptors (Lipinski definition) is 3. The standard InChI is InChI=1S/C12H10F4O3/c1-2-19-11(18)6-10(17)8-4-3-7(13)5-9(8)12(14,15)16/h3-5H,2,6H2,1H3. The van der Waals surface area contributed by atoms with Gasteiger partial charge in [0.25, 0.3) is 0 Å². The van der Waals surface area contributed by atoms with Gasteiger partial charge in [-0.1, -0.05) is 0 Å². The predicted molar refractivity (Wildman–Crippen MR) is 57.0 cm³/mol. The Balaban J connectivity index is 3.06. The Hall–Kier alpha value is -1.92. The average Bonchev–Trinajstić information content (AvgIpc) is 2.27. The number of benzene rings is 1. The number of hydrogen-bond donors (Lipinski definition) is 0. The van der Waals surface area contributed by atoms with Gasteiger partial charge in [0, 0.05) is 5.56 Å². The van der Waals surface area contributed by atoms with Crippen LogP contribution in [-0.4, -0.2) is 18.4 Å². The molecule has 3 nitrogen and oxygen atoms in total. The molecule has 0 saturated carbocycles. The van der Waals surface area contributed by atoms with Crippen LogP contribution in [0.15, 0.2) is 18.2 Å². The number of carbonyl (C=O) groups is 2. The Bertz CT molecular complexity index is 494. The summed E-state index contributed by atoms with van der Waals surface area (Å²) in [6, 6.07) is 1.66. The van der Waals surface area contributed by atoms with Crippen molar-refractivity contribution < 1.29 is 31.9 Å². The van der Waals surface area contributed by atoms with Gasteiger partial charge in [0.15, 0.2) is 5.78 Å². The van der Waals surface area contributed by atoms with Crippen LogP contribution in [0.5, 0.6) is 0 Å². The third kappa shape index (κ3) is 4.04. The zero-order valence-corrected chi connectivity index (χ0v) is 9.88. The highest BCUT2D eigenvalue weighted by atomic mass is 19.4. The molecule has 0 fully saturated rings. The molecule has 0 unspecified atom stereocenters. The Labute approximate surface area is 106 Å². The van der Waals surface area contributed by atoms with Crippen molar-refractivity contribution in [2.24, 2.45) is 0 Å². The molecule has 0 aliphatic carbocycles. The van der Waals surface area contributed by atoms with E-state index in [9.17, 15) is 27.2 Å². The Morgan fingerprint density at radius 3 is 2.42 bits per heavy atom. The lowest BCUT2D eigenvalue weighted by Crippen LogP contribution is -2.17. The van der Waals surface area contributed by atoms with Crippen molar-refractivity contribution in [3.63, 3.8) is 0 Å². The maximum atomic E-state index is 12.8. The van der Waals surface area contributed by atoms with E-state index in [0.29, 0.717) is 6.07 Å². The fourth-order valence-electron chi connectivity index (χ4n) is 1.43. The van der Waals surface area contributed by atoms with Crippen molar-refractivity contribution in [1.29, 1.82) is 0 Å². The van der Waals surface area contributed by atoms with Gasteiger partial charge in [-0.25, -0.2) is 4.39 Å². The third-order valence-electron chi connectivity index (χ3n) is 2.20. The van der Waals surface area contributed by atoms with Crippen LogP contribution in [0.3, 0.4) is 0 Å². The molecular formula is C12H10F4O3. The Morgan fingerprint density at radius 1 is 1.26 bits per heavy atom. The van der Waals surface area contributed by atoms with Crippen LogP contribution in [0.4, 0.5) is 17.6 Å². The predicted octanol–water partition coefficient (Wildman–Crippen LogP) is 2.98. The molecule has 0 N–H and O–H groups in total. The van der Waals surface area contributed by atoms with Crippen LogP contribution in [0.1, 0.15) is 29.3 Å². The molecule has 0 atom stereocenters.